The molecule has 0 aromatic heterocycles. The normalized spacial score (nSPS) is 11.3. The number of carbonyl (C=O) groups is 2. The fourth-order valence-electron chi connectivity index (χ4n) is 3.30. The molecule has 0 saturated carbocycles. The maximum atomic E-state index is 11.1. The molecular formula is C27H52O6. The lowest BCUT2D eigenvalue weighted by atomic mass is 10.1. The summed E-state index contributed by atoms with van der Waals surface area (Å²) in [5.41, 5.74) is 0. The number of esters is 1. The van der Waals surface area contributed by atoms with E-state index in [0.717, 1.165) is 25.7 Å². The van der Waals surface area contributed by atoms with Gasteiger partial charge in [-0.15, -0.1) is 0 Å². The van der Waals surface area contributed by atoms with Gasteiger partial charge >= 0.3 is 11.9 Å². The molecular weight excluding hydrogens is 420 g/mol. The van der Waals surface area contributed by atoms with Crippen LogP contribution >= 0.6 is 0 Å². The first kappa shape index (κ1) is 33.8. The van der Waals surface area contributed by atoms with Gasteiger partial charge < -0.3 is 20.1 Å². The van der Waals surface area contributed by atoms with Gasteiger partial charge in [-0.1, -0.05) is 90.2 Å². The van der Waals surface area contributed by atoms with E-state index < -0.39 is 11.8 Å². The molecule has 6 heteroatoms. The van der Waals surface area contributed by atoms with Crippen molar-refractivity contribution in [3.05, 3.63) is 12.2 Å². The third kappa shape index (κ3) is 26.7. The smallest absolute Gasteiger partial charge is 0.364 e. The van der Waals surface area contributed by atoms with Gasteiger partial charge in [0.2, 0.25) is 0 Å². The van der Waals surface area contributed by atoms with Gasteiger partial charge in [-0.05, 0) is 45.4 Å². The number of aliphatic carboxylic acids is 1. The average Bonchev–Trinajstić information content (AvgIpc) is 2.77. The standard InChI is InChI=1S/C20H38O2.C7H14O4/c1-3-5-6-7-8-9-10-11-12-13-14-15-16-17-18-19-20(21)22-4-2;1-2-3-4-5-7(10,11)6(8)9/h11-12H,3-10,13-19H2,1-2H3;10-11H,2-5H2,1H3,(H,8,9)/b12-11-;. The molecule has 6 nitrogen and oxygen atoms in total. The van der Waals surface area contributed by atoms with Crippen LogP contribution in [0, 0.1) is 0 Å². The first-order valence-electron chi connectivity index (χ1n) is 13.3. The van der Waals surface area contributed by atoms with E-state index in [9.17, 15) is 9.59 Å². The van der Waals surface area contributed by atoms with Crippen LogP contribution in [-0.4, -0.2) is 39.7 Å². The quantitative estimate of drug-likeness (QED) is 0.0725. The number of hydrogen-bond donors (Lipinski definition) is 3. The number of aliphatic hydroxyl groups is 2. The average molecular weight is 473 g/mol. The first-order chi connectivity index (χ1) is 15.8. The van der Waals surface area contributed by atoms with E-state index in [0.29, 0.717) is 19.4 Å². The van der Waals surface area contributed by atoms with Crippen LogP contribution < -0.4 is 0 Å². The van der Waals surface area contributed by atoms with E-state index in [-0.39, 0.29) is 12.4 Å². The number of ether oxygens (including phenoxy) is 1. The van der Waals surface area contributed by atoms with Crippen LogP contribution in [0.25, 0.3) is 0 Å². The Kier molecular flexibility index (Phi) is 25.8. The van der Waals surface area contributed by atoms with Crippen molar-refractivity contribution in [2.24, 2.45) is 0 Å². The van der Waals surface area contributed by atoms with Crippen LogP contribution in [0.2, 0.25) is 0 Å². The zero-order valence-corrected chi connectivity index (χ0v) is 21.7. The minimum atomic E-state index is -2.53. The predicted molar refractivity (Wildman–Crippen MR) is 135 cm³/mol. The molecule has 0 radical (unpaired) electrons. The second-order valence-corrected chi connectivity index (χ2v) is 8.72. The van der Waals surface area contributed by atoms with Gasteiger partial charge in [0.05, 0.1) is 6.61 Å². The molecule has 0 atom stereocenters. The molecule has 0 aromatic carbocycles. The summed E-state index contributed by atoms with van der Waals surface area (Å²) in [4.78, 5) is 21.3. The molecule has 0 bridgehead atoms. The SMILES string of the molecule is CCCCCC(O)(O)C(=O)O.CCCCCCCC/C=C\CCCCCCCC(=O)OCC. The Hall–Kier alpha value is -1.40. The van der Waals surface area contributed by atoms with Gasteiger partial charge in [0.1, 0.15) is 0 Å². The summed E-state index contributed by atoms with van der Waals surface area (Å²) in [6.45, 7) is 6.59. The van der Waals surface area contributed by atoms with E-state index in [2.05, 4.69) is 19.1 Å². The van der Waals surface area contributed by atoms with Crippen LogP contribution in [-0.2, 0) is 14.3 Å². The molecule has 0 aliphatic rings. The van der Waals surface area contributed by atoms with E-state index >= 15 is 0 Å². The van der Waals surface area contributed by atoms with E-state index in [1.54, 1.807) is 0 Å². The van der Waals surface area contributed by atoms with Gasteiger partial charge in [-0.3, -0.25) is 4.79 Å². The molecule has 0 rings (SSSR count). The summed E-state index contributed by atoms with van der Waals surface area (Å²) in [7, 11) is 0. The summed E-state index contributed by atoms with van der Waals surface area (Å²) < 4.78 is 4.91. The fourth-order valence-corrected chi connectivity index (χ4v) is 3.30. The van der Waals surface area contributed by atoms with Crippen LogP contribution in [0.3, 0.4) is 0 Å². The van der Waals surface area contributed by atoms with Gasteiger partial charge in [-0.25, -0.2) is 4.79 Å². The molecule has 0 amide bonds. The number of carboxylic acid groups (broad SMARTS) is 1. The fraction of sp³-hybridized carbons (Fsp3) is 0.852. The first-order valence-corrected chi connectivity index (χ1v) is 13.3. The number of rotatable bonds is 21. The molecule has 0 aliphatic heterocycles. The lowest BCUT2D eigenvalue weighted by Gasteiger charge is -2.15. The van der Waals surface area contributed by atoms with Crippen molar-refractivity contribution in [1.82, 2.24) is 0 Å². The molecule has 0 saturated heterocycles. The van der Waals surface area contributed by atoms with Crippen molar-refractivity contribution in [3.63, 3.8) is 0 Å². The Balaban J connectivity index is 0. The highest BCUT2D eigenvalue weighted by molar-refractivity contribution is 5.74. The Bertz CT molecular complexity index is 473. The number of allylic oxidation sites excluding steroid dienone is 2. The lowest BCUT2D eigenvalue weighted by Crippen LogP contribution is -2.37. The summed E-state index contributed by atoms with van der Waals surface area (Å²) in [6, 6.07) is 0. The minimum absolute atomic E-state index is 0.0415. The molecule has 0 spiro atoms. The van der Waals surface area contributed by atoms with Crippen molar-refractivity contribution < 1.29 is 29.6 Å². The highest BCUT2D eigenvalue weighted by Crippen LogP contribution is 2.12. The monoisotopic (exact) mass is 472 g/mol. The van der Waals surface area contributed by atoms with Crippen LogP contribution in [0.1, 0.15) is 136 Å². The molecule has 0 heterocycles. The topological polar surface area (TPSA) is 104 Å². The summed E-state index contributed by atoms with van der Waals surface area (Å²) in [5, 5.41) is 25.8. The Morgan fingerprint density at radius 2 is 1.15 bits per heavy atom. The number of unbranched alkanes of at least 4 members (excludes halogenated alkanes) is 13. The minimum Gasteiger partial charge on any atom is -0.477 e. The van der Waals surface area contributed by atoms with Gasteiger partial charge in [0.15, 0.2) is 0 Å². The van der Waals surface area contributed by atoms with Crippen LogP contribution in [0.15, 0.2) is 12.2 Å². The molecule has 196 valence electrons. The number of hydrogen-bond acceptors (Lipinski definition) is 5. The highest BCUT2D eigenvalue weighted by atomic mass is 16.5. The van der Waals surface area contributed by atoms with Crippen molar-refractivity contribution in [2.75, 3.05) is 6.61 Å². The molecule has 3 N–H and O–H groups in total. The maximum absolute atomic E-state index is 11.1. The Morgan fingerprint density at radius 1 is 0.697 bits per heavy atom. The van der Waals surface area contributed by atoms with Crippen molar-refractivity contribution in [3.8, 4) is 0 Å². The van der Waals surface area contributed by atoms with Gasteiger partial charge in [0, 0.05) is 12.8 Å². The van der Waals surface area contributed by atoms with E-state index in [1.807, 2.05) is 13.8 Å². The lowest BCUT2D eigenvalue weighted by molar-refractivity contribution is -0.205. The number of carboxylic acids is 1. The van der Waals surface area contributed by atoms with Gasteiger partial charge in [0.25, 0.3) is 5.79 Å². The van der Waals surface area contributed by atoms with Crippen molar-refractivity contribution >= 4 is 11.9 Å². The van der Waals surface area contributed by atoms with E-state index in [4.69, 9.17) is 20.1 Å². The van der Waals surface area contributed by atoms with Crippen LogP contribution in [0.5, 0.6) is 0 Å². The second kappa shape index (κ2) is 25.2. The Morgan fingerprint density at radius 3 is 1.64 bits per heavy atom. The summed E-state index contributed by atoms with van der Waals surface area (Å²) >= 11 is 0. The largest absolute Gasteiger partial charge is 0.477 e. The van der Waals surface area contributed by atoms with Crippen molar-refractivity contribution in [1.29, 1.82) is 0 Å². The molecule has 0 fully saturated rings. The third-order valence-electron chi connectivity index (χ3n) is 5.42. The zero-order valence-electron chi connectivity index (χ0n) is 21.7. The third-order valence-corrected chi connectivity index (χ3v) is 5.42. The molecule has 33 heavy (non-hydrogen) atoms. The van der Waals surface area contributed by atoms with Gasteiger partial charge in [-0.2, -0.15) is 0 Å². The van der Waals surface area contributed by atoms with Crippen molar-refractivity contribution in [2.45, 2.75) is 142 Å². The highest BCUT2D eigenvalue weighted by Gasteiger charge is 2.31. The maximum Gasteiger partial charge on any atom is 0.364 e. The van der Waals surface area contributed by atoms with Crippen LogP contribution in [0.4, 0.5) is 0 Å². The predicted octanol–water partition coefficient (Wildman–Crippen LogP) is 6.92. The van der Waals surface area contributed by atoms with E-state index in [1.165, 1.54) is 70.6 Å². The molecule has 0 aromatic rings. The zero-order chi connectivity index (χ0) is 25.2. The second-order valence-electron chi connectivity index (χ2n) is 8.72. The molecule has 0 unspecified atom stereocenters. The Labute approximate surface area is 202 Å². The summed E-state index contributed by atoms with van der Waals surface area (Å²) in [5.74, 6) is -4.15. The summed E-state index contributed by atoms with van der Waals surface area (Å²) in [6.07, 6.45) is 24.2. The number of carbonyl (C=O) groups excluding carboxylic acids is 1. The molecule has 0 aliphatic carbocycles.